The van der Waals surface area contributed by atoms with Crippen LogP contribution in [0.5, 0.6) is 5.75 Å². The molecule has 0 saturated carbocycles. The van der Waals surface area contributed by atoms with Crippen LogP contribution in [0.2, 0.25) is 0 Å². The van der Waals surface area contributed by atoms with Gasteiger partial charge < -0.3 is 20.1 Å². The van der Waals surface area contributed by atoms with Gasteiger partial charge in [-0.3, -0.25) is 14.4 Å². The van der Waals surface area contributed by atoms with Gasteiger partial charge in [-0.2, -0.15) is 0 Å². The number of nitrogens with one attached hydrogen (secondary N) is 2. The quantitative estimate of drug-likeness (QED) is 0.529. The number of carbonyl (C=O) groups is 4. The minimum absolute atomic E-state index is 0.0777. The number of fused-ring (bicyclic) bond motifs is 1. The molecule has 0 aliphatic carbocycles. The fourth-order valence-corrected chi connectivity index (χ4v) is 3.31. The molecule has 1 aliphatic rings. The number of esters is 1. The van der Waals surface area contributed by atoms with Gasteiger partial charge in [0.05, 0.1) is 10.6 Å². The van der Waals surface area contributed by atoms with Crippen LogP contribution in [0.25, 0.3) is 0 Å². The zero-order valence-electron chi connectivity index (χ0n) is 15.9. The van der Waals surface area contributed by atoms with Gasteiger partial charge in [-0.15, -0.1) is 11.3 Å². The Morgan fingerprint density at radius 3 is 2.76 bits per heavy atom. The van der Waals surface area contributed by atoms with E-state index in [1.807, 2.05) is 0 Å². The molecule has 0 radical (unpaired) electrons. The molecule has 2 N–H and O–H groups in total. The Hall–Kier alpha value is -3.20. The van der Waals surface area contributed by atoms with E-state index in [1.54, 1.807) is 37.4 Å². The SMILES string of the molecule is CC(C)[C@H](NC(=O)c1cccs1)C(=O)OCC(=O)c1ccc2c(c1)NC(=O)CO2. The van der Waals surface area contributed by atoms with Gasteiger partial charge in [-0.1, -0.05) is 19.9 Å². The lowest BCUT2D eigenvalue weighted by molar-refractivity contribution is -0.145. The lowest BCUT2D eigenvalue weighted by atomic mass is 10.0. The van der Waals surface area contributed by atoms with Crippen molar-refractivity contribution in [1.82, 2.24) is 5.32 Å². The number of carbonyl (C=O) groups excluding carboxylic acids is 4. The highest BCUT2D eigenvalue weighted by Gasteiger charge is 2.27. The van der Waals surface area contributed by atoms with E-state index in [0.717, 1.165) is 0 Å². The lowest BCUT2D eigenvalue weighted by Gasteiger charge is -2.20. The third-order valence-corrected chi connectivity index (χ3v) is 5.10. The number of thiophene rings is 1. The molecule has 1 aromatic heterocycles. The van der Waals surface area contributed by atoms with Crippen LogP contribution in [-0.2, 0) is 14.3 Å². The van der Waals surface area contributed by atoms with E-state index in [-0.39, 0.29) is 29.9 Å². The summed E-state index contributed by atoms with van der Waals surface area (Å²) in [6.07, 6.45) is 0. The van der Waals surface area contributed by atoms with Gasteiger partial charge in [0, 0.05) is 5.56 Å². The smallest absolute Gasteiger partial charge is 0.329 e. The first-order chi connectivity index (χ1) is 13.8. The highest BCUT2D eigenvalue weighted by molar-refractivity contribution is 7.12. The maximum Gasteiger partial charge on any atom is 0.329 e. The Morgan fingerprint density at radius 1 is 1.28 bits per heavy atom. The summed E-state index contributed by atoms with van der Waals surface area (Å²) in [5.41, 5.74) is 0.660. The Balaban J connectivity index is 1.61. The molecule has 0 saturated heterocycles. The normalized spacial score (nSPS) is 13.7. The van der Waals surface area contributed by atoms with E-state index in [0.29, 0.717) is 16.3 Å². The molecule has 0 bridgehead atoms. The van der Waals surface area contributed by atoms with Crippen LogP contribution in [0.4, 0.5) is 5.69 Å². The molecule has 1 aromatic carbocycles. The fraction of sp³-hybridized carbons (Fsp3) is 0.300. The Morgan fingerprint density at radius 2 is 2.07 bits per heavy atom. The van der Waals surface area contributed by atoms with Crippen LogP contribution in [0.15, 0.2) is 35.7 Å². The number of ether oxygens (including phenoxy) is 2. The first kappa shape index (κ1) is 20.5. The zero-order valence-corrected chi connectivity index (χ0v) is 16.7. The number of rotatable bonds is 7. The highest BCUT2D eigenvalue weighted by atomic mass is 32.1. The Labute approximate surface area is 171 Å². The molecular weight excluding hydrogens is 396 g/mol. The lowest BCUT2D eigenvalue weighted by Crippen LogP contribution is -2.45. The predicted octanol–water partition coefficient (Wildman–Crippen LogP) is 2.26. The zero-order chi connectivity index (χ0) is 21.0. The van der Waals surface area contributed by atoms with E-state index < -0.39 is 24.4 Å². The summed E-state index contributed by atoms with van der Waals surface area (Å²) in [6, 6.07) is 7.10. The number of ketones is 1. The predicted molar refractivity (Wildman–Crippen MR) is 106 cm³/mol. The van der Waals surface area contributed by atoms with Crippen molar-refractivity contribution in [2.24, 2.45) is 5.92 Å². The Bertz CT molecular complexity index is 938. The summed E-state index contributed by atoms with van der Waals surface area (Å²) >= 11 is 1.26. The standard InChI is InChI=1S/C20H20N2O6S/c1-11(2)18(22-19(25)16-4-3-7-29-16)20(26)28-9-14(23)12-5-6-15-13(8-12)21-17(24)10-27-15/h3-8,11,18H,9-10H2,1-2H3,(H,21,24)(H,22,25)/t18-/m0/s1. The van der Waals surface area contributed by atoms with Gasteiger partial charge in [0.15, 0.2) is 19.0 Å². The maximum absolute atomic E-state index is 12.4. The van der Waals surface area contributed by atoms with Crippen molar-refractivity contribution in [2.75, 3.05) is 18.5 Å². The third kappa shape index (κ3) is 5.00. The van der Waals surface area contributed by atoms with Gasteiger partial charge in [0.2, 0.25) is 0 Å². The summed E-state index contributed by atoms with van der Waals surface area (Å²) < 4.78 is 10.4. The second kappa shape index (κ2) is 8.87. The van der Waals surface area contributed by atoms with Crippen molar-refractivity contribution in [3.05, 3.63) is 46.2 Å². The van der Waals surface area contributed by atoms with Crippen LogP contribution < -0.4 is 15.4 Å². The van der Waals surface area contributed by atoms with Gasteiger partial charge in [0.1, 0.15) is 11.8 Å². The summed E-state index contributed by atoms with van der Waals surface area (Å²) in [6.45, 7) is 2.99. The van der Waals surface area contributed by atoms with Gasteiger partial charge in [-0.05, 0) is 35.6 Å². The average Bonchev–Trinajstić information content (AvgIpc) is 3.24. The van der Waals surface area contributed by atoms with Crippen LogP contribution >= 0.6 is 11.3 Å². The van der Waals surface area contributed by atoms with Gasteiger partial charge in [-0.25, -0.2) is 4.79 Å². The van der Waals surface area contributed by atoms with Crippen LogP contribution in [-0.4, -0.2) is 42.8 Å². The van der Waals surface area contributed by atoms with E-state index in [4.69, 9.17) is 9.47 Å². The molecule has 8 nitrogen and oxygen atoms in total. The molecular formula is C20H20N2O6S. The molecule has 1 aliphatic heterocycles. The number of anilines is 1. The van der Waals surface area contributed by atoms with Crippen LogP contribution in [0.1, 0.15) is 33.9 Å². The second-order valence-electron chi connectivity index (χ2n) is 6.75. The monoisotopic (exact) mass is 416 g/mol. The van der Waals surface area contributed by atoms with E-state index in [2.05, 4.69) is 10.6 Å². The van der Waals surface area contributed by atoms with Crippen molar-refractivity contribution in [2.45, 2.75) is 19.9 Å². The van der Waals surface area contributed by atoms with E-state index in [1.165, 1.54) is 23.5 Å². The first-order valence-electron chi connectivity index (χ1n) is 8.96. The molecule has 9 heteroatoms. The minimum atomic E-state index is -0.881. The maximum atomic E-state index is 12.4. The molecule has 29 heavy (non-hydrogen) atoms. The van der Waals surface area contributed by atoms with Crippen LogP contribution in [0.3, 0.4) is 0 Å². The molecule has 3 rings (SSSR count). The molecule has 2 amide bonds. The summed E-state index contributed by atoms with van der Waals surface area (Å²) in [4.78, 5) is 49.0. The van der Waals surface area contributed by atoms with Crippen molar-refractivity contribution in [1.29, 1.82) is 0 Å². The summed E-state index contributed by atoms with van der Waals surface area (Å²) in [5, 5.41) is 7.03. The molecule has 0 unspecified atom stereocenters. The topological polar surface area (TPSA) is 111 Å². The van der Waals surface area contributed by atoms with Crippen molar-refractivity contribution < 1.29 is 28.7 Å². The molecule has 0 fully saturated rings. The number of benzene rings is 1. The number of Topliss-reactive ketones (excluding diaryl/α,β-unsaturated/α-hetero) is 1. The van der Waals surface area contributed by atoms with Gasteiger partial charge in [0.25, 0.3) is 11.8 Å². The molecule has 1 atom stereocenters. The van der Waals surface area contributed by atoms with Crippen molar-refractivity contribution >= 4 is 40.6 Å². The average molecular weight is 416 g/mol. The molecule has 0 spiro atoms. The number of hydrogen-bond donors (Lipinski definition) is 2. The molecule has 152 valence electrons. The highest BCUT2D eigenvalue weighted by Crippen LogP contribution is 2.28. The largest absolute Gasteiger partial charge is 0.482 e. The summed E-state index contributed by atoms with van der Waals surface area (Å²) in [7, 11) is 0. The van der Waals surface area contributed by atoms with Crippen molar-refractivity contribution in [3.8, 4) is 5.75 Å². The van der Waals surface area contributed by atoms with E-state index >= 15 is 0 Å². The fourth-order valence-electron chi connectivity index (χ4n) is 2.68. The molecule has 2 aromatic rings. The first-order valence-corrected chi connectivity index (χ1v) is 9.84. The third-order valence-electron chi connectivity index (χ3n) is 4.23. The number of hydrogen-bond acceptors (Lipinski definition) is 7. The Kier molecular flexibility index (Phi) is 6.28. The minimum Gasteiger partial charge on any atom is -0.482 e. The number of amides is 2. The van der Waals surface area contributed by atoms with Gasteiger partial charge >= 0.3 is 5.97 Å². The summed E-state index contributed by atoms with van der Waals surface area (Å²) in [5.74, 6) is -1.56. The van der Waals surface area contributed by atoms with E-state index in [9.17, 15) is 19.2 Å². The van der Waals surface area contributed by atoms with Crippen molar-refractivity contribution in [3.63, 3.8) is 0 Å². The van der Waals surface area contributed by atoms with Crippen LogP contribution in [0, 0.1) is 5.92 Å². The second-order valence-corrected chi connectivity index (χ2v) is 7.70. The molecule has 2 heterocycles.